The maximum atomic E-state index is 12.6. The van der Waals surface area contributed by atoms with Crippen LogP contribution in [-0.2, 0) is 9.53 Å². The molecule has 4 nitrogen and oxygen atoms in total. The number of nitrogens with zero attached hydrogens (tertiary/aromatic N) is 1. The first-order valence-corrected chi connectivity index (χ1v) is 10.3. The average molecular weight is 432 g/mol. The van der Waals surface area contributed by atoms with Gasteiger partial charge in [-0.3, -0.25) is 4.79 Å². The van der Waals surface area contributed by atoms with Crippen molar-refractivity contribution in [1.82, 2.24) is 0 Å². The highest BCUT2D eigenvalue weighted by molar-refractivity contribution is 6.30. The van der Waals surface area contributed by atoms with Crippen molar-refractivity contribution in [3.05, 3.63) is 118 Å². The van der Waals surface area contributed by atoms with Crippen LogP contribution in [0.25, 0.3) is 0 Å². The second kappa shape index (κ2) is 11.0. The van der Waals surface area contributed by atoms with Crippen LogP contribution in [0.5, 0.6) is 0 Å². The van der Waals surface area contributed by atoms with Crippen molar-refractivity contribution in [2.45, 2.75) is 13.3 Å². The first kappa shape index (κ1) is 22.2. The lowest BCUT2D eigenvalue weighted by Gasteiger charge is -2.09. The molecule has 0 saturated heterocycles. The first-order chi connectivity index (χ1) is 15.1. The quantitative estimate of drug-likeness (QED) is 0.193. The molecule has 0 aliphatic rings. The number of carbonyl (C=O) groups is 2. The van der Waals surface area contributed by atoms with E-state index in [1.807, 2.05) is 60.7 Å². The van der Waals surface area contributed by atoms with Crippen LogP contribution in [-0.4, -0.2) is 24.1 Å². The van der Waals surface area contributed by atoms with Crippen LogP contribution < -0.4 is 0 Å². The maximum absolute atomic E-state index is 12.6. The summed E-state index contributed by atoms with van der Waals surface area (Å²) in [6, 6.07) is 25.8. The maximum Gasteiger partial charge on any atom is 0.356 e. The Hall–Kier alpha value is -3.50. The minimum Gasteiger partial charge on any atom is -0.461 e. The van der Waals surface area contributed by atoms with Crippen molar-refractivity contribution in [1.29, 1.82) is 0 Å². The molecule has 0 heterocycles. The Morgan fingerprint density at radius 1 is 0.839 bits per heavy atom. The number of halogens is 1. The molecule has 0 radical (unpaired) electrons. The second-order valence-corrected chi connectivity index (χ2v) is 7.07. The Labute approximate surface area is 186 Å². The Kier molecular flexibility index (Phi) is 7.91. The summed E-state index contributed by atoms with van der Waals surface area (Å²) in [5.74, 6) is -0.717. The lowest BCUT2D eigenvalue weighted by molar-refractivity contribution is -0.138. The molecule has 3 aromatic rings. The second-order valence-electron chi connectivity index (χ2n) is 6.64. The van der Waals surface area contributed by atoms with E-state index in [9.17, 15) is 9.59 Å². The van der Waals surface area contributed by atoms with Gasteiger partial charge in [0.25, 0.3) is 0 Å². The van der Waals surface area contributed by atoms with Gasteiger partial charge in [0.2, 0.25) is 0 Å². The first-order valence-electron chi connectivity index (χ1n) is 9.94. The monoisotopic (exact) mass is 431 g/mol. The van der Waals surface area contributed by atoms with Crippen LogP contribution in [0.2, 0.25) is 5.02 Å². The standard InChI is InChI=1S/C26H22ClNO3/c1-2-31-26(30)23(17-18-24(29)19-13-15-22(27)16-14-19)28-25(20-9-5-3-6-10-20)21-11-7-4-8-12-21/h3-17H,2,18H2,1H3/b23-17+. The number of aliphatic imine (C=N–C) groups is 1. The van der Waals surface area contributed by atoms with Gasteiger partial charge in [-0.05, 0) is 37.3 Å². The number of ketones is 1. The van der Waals surface area contributed by atoms with E-state index in [1.165, 1.54) is 6.08 Å². The zero-order valence-electron chi connectivity index (χ0n) is 17.1. The molecule has 0 aliphatic carbocycles. The summed E-state index contributed by atoms with van der Waals surface area (Å²) in [5.41, 5.74) is 2.94. The van der Waals surface area contributed by atoms with Crippen LogP contribution in [0.4, 0.5) is 0 Å². The molecule has 0 fully saturated rings. The number of allylic oxidation sites excluding steroid dienone is 1. The third-order valence-corrected chi connectivity index (χ3v) is 4.71. The molecule has 156 valence electrons. The zero-order valence-corrected chi connectivity index (χ0v) is 17.9. The molecule has 3 aromatic carbocycles. The van der Waals surface area contributed by atoms with Crippen LogP contribution in [0.3, 0.4) is 0 Å². The Morgan fingerprint density at radius 3 is 1.90 bits per heavy atom. The summed E-state index contributed by atoms with van der Waals surface area (Å²) in [4.78, 5) is 29.8. The predicted molar refractivity (Wildman–Crippen MR) is 124 cm³/mol. The summed E-state index contributed by atoms with van der Waals surface area (Å²) in [6.07, 6.45) is 1.52. The minimum atomic E-state index is -0.573. The molecule has 0 saturated carbocycles. The smallest absolute Gasteiger partial charge is 0.356 e. The van der Waals surface area contributed by atoms with E-state index in [0.29, 0.717) is 16.3 Å². The highest BCUT2D eigenvalue weighted by Crippen LogP contribution is 2.16. The molecule has 0 unspecified atom stereocenters. The van der Waals surface area contributed by atoms with Gasteiger partial charge in [-0.2, -0.15) is 0 Å². The van der Waals surface area contributed by atoms with Crippen molar-refractivity contribution in [3.8, 4) is 0 Å². The predicted octanol–water partition coefficient (Wildman–Crippen LogP) is 5.90. The van der Waals surface area contributed by atoms with Gasteiger partial charge in [-0.15, -0.1) is 0 Å². The van der Waals surface area contributed by atoms with Crippen LogP contribution in [0.15, 0.2) is 102 Å². The molecule has 0 aromatic heterocycles. The molecule has 0 aliphatic heterocycles. The summed E-state index contributed by atoms with van der Waals surface area (Å²) in [7, 11) is 0. The van der Waals surface area contributed by atoms with Crippen molar-refractivity contribution < 1.29 is 14.3 Å². The van der Waals surface area contributed by atoms with Crippen LogP contribution in [0.1, 0.15) is 34.8 Å². The average Bonchev–Trinajstić information content (AvgIpc) is 2.81. The normalized spacial score (nSPS) is 11.0. The van der Waals surface area contributed by atoms with Crippen LogP contribution in [0, 0.1) is 0 Å². The number of ether oxygens (including phenoxy) is 1. The fourth-order valence-corrected chi connectivity index (χ4v) is 3.06. The highest BCUT2D eigenvalue weighted by atomic mass is 35.5. The van der Waals surface area contributed by atoms with Crippen molar-refractivity contribution >= 4 is 29.1 Å². The van der Waals surface area contributed by atoms with Gasteiger partial charge in [0, 0.05) is 28.1 Å². The molecule has 0 spiro atoms. The lowest BCUT2D eigenvalue weighted by atomic mass is 10.0. The number of benzene rings is 3. The van der Waals surface area contributed by atoms with Gasteiger partial charge in [0.05, 0.1) is 12.3 Å². The fourth-order valence-electron chi connectivity index (χ4n) is 2.93. The molecular weight excluding hydrogens is 410 g/mol. The number of esters is 1. The molecule has 0 bridgehead atoms. The van der Waals surface area contributed by atoms with E-state index in [4.69, 9.17) is 16.3 Å². The minimum absolute atomic E-state index is 0.0101. The molecule has 5 heteroatoms. The van der Waals surface area contributed by atoms with Gasteiger partial charge in [0.1, 0.15) is 5.70 Å². The van der Waals surface area contributed by atoms with Crippen molar-refractivity contribution in [2.24, 2.45) is 4.99 Å². The van der Waals surface area contributed by atoms with E-state index in [1.54, 1.807) is 31.2 Å². The molecule has 3 rings (SSSR count). The number of Topliss-reactive ketones (excluding diaryl/α,β-unsaturated/α-hetero) is 1. The van der Waals surface area contributed by atoms with Gasteiger partial charge < -0.3 is 4.74 Å². The summed E-state index contributed by atoms with van der Waals surface area (Å²) < 4.78 is 5.19. The number of rotatable bonds is 8. The van der Waals surface area contributed by atoms with E-state index < -0.39 is 5.97 Å². The summed E-state index contributed by atoms with van der Waals surface area (Å²) in [5, 5.41) is 0.555. The Balaban J connectivity index is 2.00. The van der Waals surface area contributed by atoms with E-state index in [2.05, 4.69) is 4.99 Å². The third-order valence-electron chi connectivity index (χ3n) is 4.46. The SMILES string of the molecule is CCOC(=O)/C(=C\CC(=O)c1ccc(Cl)cc1)N=C(c1ccccc1)c1ccccc1. The van der Waals surface area contributed by atoms with Crippen molar-refractivity contribution in [3.63, 3.8) is 0 Å². The Bertz CT molecular complexity index is 1050. The van der Waals surface area contributed by atoms with Crippen molar-refractivity contribution in [2.75, 3.05) is 6.61 Å². The zero-order chi connectivity index (χ0) is 22.1. The summed E-state index contributed by atoms with van der Waals surface area (Å²) >= 11 is 5.89. The van der Waals surface area contributed by atoms with Gasteiger partial charge in [-0.25, -0.2) is 9.79 Å². The molecule has 0 N–H and O–H groups in total. The van der Waals surface area contributed by atoms with E-state index in [0.717, 1.165) is 11.1 Å². The van der Waals surface area contributed by atoms with Gasteiger partial charge >= 0.3 is 5.97 Å². The Morgan fingerprint density at radius 2 is 1.39 bits per heavy atom. The van der Waals surface area contributed by atoms with Gasteiger partial charge in [0.15, 0.2) is 5.78 Å². The lowest BCUT2D eigenvalue weighted by Crippen LogP contribution is -2.11. The molecule has 31 heavy (non-hydrogen) atoms. The molecule has 0 amide bonds. The fraction of sp³-hybridized carbons (Fsp3) is 0.115. The molecule has 0 atom stereocenters. The molecular formula is C26H22ClNO3. The summed E-state index contributed by atoms with van der Waals surface area (Å²) in [6.45, 7) is 1.94. The number of carbonyl (C=O) groups excluding carboxylic acids is 2. The highest BCUT2D eigenvalue weighted by Gasteiger charge is 2.15. The third kappa shape index (κ3) is 6.24. The number of hydrogen-bond donors (Lipinski definition) is 0. The van der Waals surface area contributed by atoms with E-state index in [-0.39, 0.29) is 24.5 Å². The largest absolute Gasteiger partial charge is 0.461 e. The van der Waals surface area contributed by atoms with Crippen LogP contribution >= 0.6 is 11.6 Å². The van der Waals surface area contributed by atoms with Gasteiger partial charge in [-0.1, -0.05) is 72.3 Å². The number of hydrogen-bond acceptors (Lipinski definition) is 4. The van der Waals surface area contributed by atoms with E-state index >= 15 is 0 Å². The topological polar surface area (TPSA) is 55.7 Å².